The topological polar surface area (TPSA) is 63.7 Å². The Morgan fingerprint density at radius 2 is 1.69 bits per heavy atom. The number of carbonyl (C=O) groups is 3. The number of ketones is 1. The van der Waals surface area contributed by atoms with Crippen LogP contribution in [0.1, 0.15) is 52.9 Å². The molecule has 6 heteroatoms. The van der Waals surface area contributed by atoms with Crippen molar-refractivity contribution in [1.29, 1.82) is 0 Å². The van der Waals surface area contributed by atoms with Crippen molar-refractivity contribution in [1.82, 2.24) is 4.90 Å². The number of amides is 1. The fourth-order valence-electron chi connectivity index (χ4n) is 4.31. The van der Waals surface area contributed by atoms with Crippen molar-refractivity contribution < 1.29 is 19.1 Å². The zero-order valence-corrected chi connectivity index (χ0v) is 20.3. The molecule has 1 saturated heterocycles. The van der Waals surface area contributed by atoms with Crippen LogP contribution in [0, 0.1) is 20.8 Å². The average molecular weight is 454 g/mol. The molecule has 1 amide bonds. The minimum Gasteiger partial charge on any atom is -0.464 e. The number of hydrogen-bond acceptors (Lipinski definition) is 5. The maximum atomic E-state index is 13.3. The highest BCUT2D eigenvalue weighted by molar-refractivity contribution is 8.00. The zero-order chi connectivity index (χ0) is 23.5. The number of esters is 1. The summed E-state index contributed by atoms with van der Waals surface area (Å²) in [5.41, 5.74) is 4.18. The van der Waals surface area contributed by atoms with Crippen molar-refractivity contribution in [3.05, 3.63) is 70.3 Å². The van der Waals surface area contributed by atoms with Crippen LogP contribution < -0.4 is 0 Å². The molecule has 170 valence electrons. The normalized spacial score (nSPS) is 17.3. The van der Waals surface area contributed by atoms with Crippen LogP contribution in [0.25, 0.3) is 0 Å². The average Bonchev–Trinajstić information content (AvgIpc) is 3.05. The number of ether oxygens (including phenoxy) is 1. The van der Waals surface area contributed by atoms with E-state index in [4.69, 9.17) is 4.74 Å². The third-order valence-electron chi connectivity index (χ3n) is 5.77. The van der Waals surface area contributed by atoms with E-state index >= 15 is 0 Å². The van der Waals surface area contributed by atoms with E-state index in [1.165, 1.54) is 22.2 Å². The van der Waals surface area contributed by atoms with Gasteiger partial charge in [-0.3, -0.25) is 9.59 Å². The summed E-state index contributed by atoms with van der Waals surface area (Å²) in [6.07, 6.45) is 1.51. The molecule has 2 aromatic rings. The van der Waals surface area contributed by atoms with Gasteiger partial charge in [0, 0.05) is 11.3 Å². The van der Waals surface area contributed by atoms with Gasteiger partial charge in [0.2, 0.25) is 0 Å². The second-order valence-corrected chi connectivity index (χ2v) is 10.4. The molecule has 1 fully saturated rings. The van der Waals surface area contributed by atoms with E-state index in [9.17, 15) is 14.4 Å². The first-order valence-corrected chi connectivity index (χ1v) is 11.9. The first kappa shape index (κ1) is 24.1. The lowest BCUT2D eigenvalue weighted by Gasteiger charge is -2.33. The van der Waals surface area contributed by atoms with E-state index in [0.717, 1.165) is 23.1 Å². The van der Waals surface area contributed by atoms with Crippen LogP contribution in [0.5, 0.6) is 0 Å². The zero-order valence-electron chi connectivity index (χ0n) is 19.4. The van der Waals surface area contributed by atoms with Crippen LogP contribution in [-0.4, -0.2) is 45.8 Å². The van der Waals surface area contributed by atoms with Gasteiger partial charge in [-0.05, 0) is 64.2 Å². The van der Waals surface area contributed by atoms with Gasteiger partial charge < -0.3 is 9.64 Å². The predicted molar refractivity (Wildman–Crippen MR) is 128 cm³/mol. The van der Waals surface area contributed by atoms with Crippen molar-refractivity contribution in [3.8, 4) is 0 Å². The number of aryl methyl sites for hydroxylation is 4. The Labute approximate surface area is 194 Å². The Morgan fingerprint density at radius 1 is 1.06 bits per heavy atom. The summed E-state index contributed by atoms with van der Waals surface area (Å²) in [6, 6.07) is 13.0. The number of hydrogen-bond donors (Lipinski definition) is 0. The number of Topliss-reactive ketones (excluding diaryl/α,β-unsaturated/α-hetero) is 1. The third-order valence-corrected chi connectivity index (χ3v) is 7.16. The molecule has 3 rings (SSSR count). The number of nitrogens with zero attached hydrogens (tertiary/aromatic N) is 1. The third kappa shape index (κ3) is 5.23. The molecule has 0 radical (unpaired) electrons. The first-order chi connectivity index (χ1) is 15.1. The van der Waals surface area contributed by atoms with Crippen LogP contribution in [0.15, 0.2) is 42.5 Å². The fourth-order valence-corrected chi connectivity index (χ4v) is 5.51. The molecule has 0 aromatic heterocycles. The number of thioether (sulfide) groups is 1. The Morgan fingerprint density at radius 3 is 2.31 bits per heavy atom. The van der Waals surface area contributed by atoms with E-state index in [0.29, 0.717) is 17.7 Å². The molecule has 5 nitrogen and oxygen atoms in total. The SMILES string of the molecule is Cc1cc(C)c(C(=O)C(=O)N2[C@H](C(=O)OCCCc3ccccc3)CSC2(C)C)c(C)c1. The lowest BCUT2D eigenvalue weighted by Crippen LogP contribution is -2.52. The highest BCUT2D eigenvalue weighted by Gasteiger charge is 2.49. The van der Waals surface area contributed by atoms with E-state index in [1.54, 1.807) is 0 Å². The molecule has 0 spiro atoms. The van der Waals surface area contributed by atoms with Gasteiger partial charge in [-0.1, -0.05) is 48.0 Å². The molecule has 2 aromatic carbocycles. The molecular weight excluding hydrogens is 422 g/mol. The summed E-state index contributed by atoms with van der Waals surface area (Å²) >= 11 is 1.48. The largest absolute Gasteiger partial charge is 0.464 e. The number of rotatable bonds is 7. The lowest BCUT2D eigenvalue weighted by molar-refractivity contribution is -0.154. The summed E-state index contributed by atoms with van der Waals surface area (Å²) < 4.78 is 5.51. The molecular formula is C26H31NO4S. The second-order valence-electron chi connectivity index (χ2n) is 8.81. The van der Waals surface area contributed by atoms with E-state index in [2.05, 4.69) is 0 Å². The monoisotopic (exact) mass is 453 g/mol. The van der Waals surface area contributed by atoms with Gasteiger partial charge >= 0.3 is 5.97 Å². The summed E-state index contributed by atoms with van der Waals surface area (Å²) in [4.78, 5) is 40.1. The van der Waals surface area contributed by atoms with E-state index < -0.39 is 28.6 Å². The van der Waals surface area contributed by atoms with Crippen molar-refractivity contribution in [2.24, 2.45) is 0 Å². The molecule has 0 N–H and O–H groups in total. The Kier molecular flexibility index (Phi) is 7.44. The molecule has 1 heterocycles. The van der Waals surface area contributed by atoms with Crippen LogP contribution in [0.2, 0.25) is 0 Å². The maximum Gasteiger partial charge on any atom is 0.329 e. The van der Waals surface area contributed by atoms with Gasteiger partial charge in [0.1, 0.15) is 6.04 Å². The van der Waals surface area contributed by atoms with E-state index in [1.807, 2.05) is 77.1 Å². The smallest absolute Gasteiger partial charge is 0.329 e. The molecule has 32 heavy (non-hydrogen) atoms. The molecule has 1 atom stereocenters. The van der Waals surface area contributed by atoms with Crippen molar-refractivity contribution >= 4 is 29.4 Å². The predicted octanol–water partition coefficient (Wildman–Crippen LogP) is 4.65. The lowest BCUT2D eigenvalue weighted by atomic mass is 9.95. The standard InChI is InChI=1S/C26H31NO4S/c1-17-14-18(2)22(19(3)15-17)23(28)24(29)27-21(16-32-26(27,4)5)25(30)31-13-9-12-20-10-7-6-8-11-20/h6-8,10-11,14-15,21H,9,12-13,16H2,1-5H3/t21-/m0/s1. The summed E-state index contributed by atoms with van der Waals surface area (Å²) in [5, 5.41) is 0. The minimum atomic E-state index is -0.769. The first-order valence-electron chi connectivity index (χ1n) is 10.9. The summed E-state index contributed by atoms with van der Waals surface area (Å²) in [5.74, 6) is -1.26. The highest BCUT2D eigenvalue weighted by atomic mass is 32.2. The maximum absolute atomic E-state index is 13.3. The molecule has 0 bridgehead atoms. The Bertz CT molecular complexity index is 993. The fraction of sp³-hybridized carbons (Fsp3) is 0.423. The molecule has 0 saturated carbocycles. The minimum absolute atomic E-state index is 0.279. The van der Waals surface area contributed by atoms with Crippen LogP contribution in [-0.2, 0) is 20.7 Å². The number of carbonyl (C=O) groups excluding carboxylic acids is 3. The van der Waals surface area contributed by atoms with E-state index in [-0.39, 0.29) is 6.61 Å². The summed E-state index contributed by atoms with van der Waals surface area (Å²) in [6.45, 7) is 9.63. The van der Waals surface area contributed by atoms with Crippen molar-refractivity contribution in [2.45, 2.75) is 58.4 Å². The summed E-state index contributed by atoms with van der Waals surface area (Å²) in [7, 11) is 0. The van der Waals surface area contributed by atoms with Gasteiger partial charge in [0.05, 0.1) is 11.5 Å². The van der Waals surface area contributed by atoms with Crippen molar-refractivity contribution in [3.63, 3.8) is 0 Å². The quantitative estimate of drug-likeness (QED) is 0.264. The Hall–Kier alpha value is -2.60. The van der Waals surface area contributed by atoms with Gasteiger partial charge in [-0.15, -0.1) is 11.8 Å². The van der Waals surface area contributed by atoms with Crippen LogP contribution >= 0.6 is 11.8 Å². The number of benzene rings is 2. The van der Waals surface area contributed by atoms with Gasteiger partial charge in [0.25, 0.3) is 11.7 Å². The van der Waals surface area contributed by atoms with Crippen molar-refractivity contribution in [2.75, 3.05) is 12.4 Å². The van der Waals surface area contributed by atoms with Crippen LogP contribution in [0.4, 0.5) is 0 Å². The van der Waals surface area contributed by atoms with Crippen LogP contribution in [0.3, 0.4) is 0 Å². The molecule has 0 unspecified atom stereocenters. The highest BCUT2D eigenvalue weighted by Crippen LogP contribution is 2.40. The molecule has 1 aliphatic rings. The Balaban J connectivity index is 1.70. The van der Waals surface area contributed by atoms with Gasteiger partial charge in [-0.2, -0.15) is 0 Å². The van der Waals surface area contributed by atoms with Gasteiger partial charge in [-0.25, -0.2) is 4.79 Å². The molecule has 1 aliphatic heterocycles. The van der Waals surface area contributed by atoms with Gasteiger partial charge in [0.15, 0.2) is 0 Å². The molecule has 0 aliphatic carbocycles. The second kappa shape index (κ2) is 9.90.